The predicted octanol–water partition coefficient (Wildman–Crippen LogP) is 5.47. The zero-order chi connectivity index (χ0) is 22.6. The number of hydrogen-bond donors (Lipinski definition) is 0. The standard InChI is InChI=1S/C26H21N3O3S/c1-31-22-9-4-10-23-25(22)28-26(33-23)29(16-18-6-5-13-27-15-18)24(30)17-32-21-12-11-19-7-2-3-8-20(19)14-21/h2-15H,16-17H2,1H3. The Morgan fingerprint density at radius 3 is 2.70 bits per heavy atom. The van der Waals surface area contributed by atoms with E-state index in [0.29, 0.717) is 23.2 Å². The zero-order valence-corrected chi connectivity index (χ0v) is 18.8. The number of ether oxygens (including phenoxy) is 2. The first-order valence-corrected chi connectivity index (χ1v) is 11.3. The number of pyridine rings is 1. The molecule has 0 aliphatic rings. The van der Waals surface area contributed by atoms with Crippen LogP contribution in [0.5, 0.6) is 11.5 Å². The molecule has 164 valence electrons. The average molecular weight is 456 g/mol. The minimum Gasteiger partial charge on any atom is -0.494 e. The van der Waals surface area contributed by atoms with Crippen molar-refractivity contribution in [2.75, 3.05) is 18.6 Å². The number of para-hydroxylation sites is 1. The van der Waals surface area contributed by atoms with Crippen LogP contribution in [0.1, 0.15) is 5.56 Å². The predicted molar refractivity (Wildman–Crippen MR) is 131 cm³/mol. The lowest BCUT2D eigenvalue weighted by molar-refractivity contribution is -0.120. The van der Waals surface area contributed by atoms with Crippen molar-refractivity contribution in [1.29, 1.82) is 0 Å². The molecule has 0 saturated carbocycles. The fourth-order valence-electron chi connectivity index (χ4n) is 3.61. The van der Waals surface area contributed by atoms with Gasteiger partial charge in [0.15, 0.2) is 11.7 Å². The van der Waals surface area contributed by atoms with Crippen LogP contribution in [0.4, 0.5) is 5.13 Å². The Labute approximate surface area is 195 Å². The van der Waals surface area contributed by atoms with E-state index in [1.54, 1.807) is 24.4 Å². The van der Waals surface area contributed by atoms with E-state index < -0.39 is 0 Å². The van der Waals surface area contributed by atoms with Crippen molar-refractivity contribution in [2.24, 2.45) is 0 Å². The largest absolute Gasteiger partial charge is 0.494 e. The number of amides is 1. The Morgan fingerprint density at radius 2 is 1.88 bits per heavy atom. The number of aromatic nitrogens is 2. The fourth-order valence-corrected chi connectivity index (χ4v) is 4.61. The number of carbonyl (C=O) groups is 1. The van der Waals surface area contributed by atoms with Gasteiger partial charge in [-0.2, -0.15) is 0 Å². The fraction of sp³-hybridized carbons (Fsp3) is 0.115. The lowest BCUT2D eigenvalue weighted by Gasteiger charge is -2.20. The maximum absolute atomic E-state index is 13.3. The molecule has 0 saturated heterocycles. The zero-order valence-electron chi connectivity index (χ0n) is 18.0. The van der Waals surface area contributed by atoms with E-state index in [-0.39, 0.29) is 12.5 Å². The van der Waals surface area contributed by atoms with Crippen molar-refractivity contribution in [3.8, 4) is 11.5 Å². The van der Waals surface area contributed by atoms with E-state index >= 15 is 0 Å². The van der Waals surface area contributed by atoms with E-state index in [4.69, 9.17) is 14.5 Å². The molecule has 0 aliphatic heterocycles. The Kier molecular flexibility index (Phi) is 5.87. The lowest BCUT2D eigenvalue weighted by atomic mass is 10.1. The van der Waals surface area contributed by atoms with Gasteiger partial charge in [-0.25, -0.2) is 4.98 Å². The lowest BCUT2D eigenvalue weighted by Crippen LogP contribution is -2.34. The topological polar surface area (TPSA) is 64.5 Å². The summed E-state index contributed by atoms with van der Waals surface area (Å²) in [7, 11) is 1.61. The summed E-state index contributed by atoms with van der Waals surface area (Å²) in [5.74, 6) is 1.13. The summed E-state index contributed by atoms with van der Waals surface area (Å²) in [6.45, 7) is 0.238. The molecule has 5 aromatic rings. The Balaban J connectivity index is 1.42. The van der Waals surface area contributed by atoms with E-state index in [2.05, 4.69) is 4.98 Å². The van der Waals surface area contributed by atoms with Crippen LogP contribution >= 0.6 is 11.3 Å². The Hall–Kier alpha value is -3.97. The van der Waals surface area contributed by atoms with Crippen LogP contribution in [0.3, 0.4) is 0 Å². The number of nitrogens with zero attached hydrogens (tertiary/aromatic N) is 3. The van der Waals surface area contributed by atoms with E-state index in [1.807, 2.05) is 72.8 Å². The smallest absolute Gasteiger partial charge is 0.267 e. The van der Waals surface area contributed by atoms with Crippen LogP contribution < -0.4 is 14.4 Å². The molecule has 0 aliphatic carbocycles. The van der Waals surface area contributed by atoms with E-state index in [0.717, 1.165) is 26.6 Å². The highest BCUT2D eigenvalue weighted by molar-refractivity contribution is 7.22. The molecule has 0 bridgehead atoms. The number of thiazole rings is 1. The molecular formula is C26H21N3O3S. The van der Waals surface area contributed by atoms with Gasteiger partial charge >= 0.3 is 0 Å². The van der Waals surface area contributed by atoms with Crippen LogP contribution in [-0.2, 0) is 11.3 Å². The molecule has 0 spiro atoms. The van der Waals surface area contributed by atoms with Gasteiger partial charge in [-0.1, -0.05) is 53.8 Å². The first kappa shape index (κ1) is 20.9. The second-order valence-corrected chi connectivity index (χ2v) is 8.45. The molecule has 0 fully saturated rings. The second kappa shape index (κ2) is 9.26. The third-order valence-electron chi connectivity index (χ3n) is 5.27. The normalized spacial score (nSPS) is 10.9. The molecule has 2 heterocycles. The molecule has 0 atom stereocenters. The summed E-state index contributed by atoms with van der Waals surface area (Å²) < 4.78 is 12.3. The van der Waals surface area contributed by atoms with Crippen molar-refractivity contribution in [1.82, 2.24) is 9.97 Å². The Bertz CT molecular complexity index is 1420. The van der Waals surface area contributed by atoms with Crippen molar-refractivity contribution in [3.63, 3.8) is 0 Å². The number of anilines is 1. The number of carbonyl (C=O) groups excluding carboxylic acids is 1. The summed E-state index contributed by atoms with van der Waals surface area (Å²) in [5, 5.41) is 2.77. The monoisotopic (exact) mass is 455 g/mol. The van der Waals surface area contributed by atoms with Gasteiger partial charge in [0.2, 0.25) is 0 Å². The molecule has 3 aromatic carbocycles. The molecule has 33 heavy (non-hydrogen) atoms. The number of fused-ring (bicyclic) bond motifs is 2. The molecule has 1 amide bonds. The highest BCUT2D eigenvalue weighted by Crippen LogP contribution is 2.34. The first-order chi connectivity index (χ1) is 16.2. The van der Waals surface area contributed by atoms with Gasteiger partial charge < -0.3 is 9.47 Å². The van der Waals surface area contributed by atoms with Gasteiger partial charge in [0.25, 0.3) is 5.91 Å². The number of methoxy groups -OCH3 is 1. The highest BCUT2D eigenvalue weighted by atomic mass is 32.1. The van der Waals surface area contributed by atoms with Crippen molar-refractivity contribution in [3.05, 3.63) is 90.8 Å². The van der Waals surface area contributed by atoms with Crippen LogP contribution in [0.25, 0.3) is 21.0 Å². The van der Waals surface area contributed by atoms with Crippen molar-refractivity contribution >= 4 is 43.4 Å². The number of benzene rings is 3. The van der Waals surface area contributed by atoms with Gasteiger partial charge in [-0.05, 0) is 46.7 Å². The van der Waals surface area contributed by atoms with Gasteiger partial charge in [-0.15, -0.1) is 0 Å². The van der Waals surface area contributed by atoms with Crippen LogP contribution in [-0.4, -0.2) is 29.6 Å². The van der Waals surface area contributed by atoms with Crippen molar-refractivity contribution in [2.45, 2.75) is 6.54 Å². The molecule has 5 rings (SSSR count). The number of rotatable bonds is 7. The van der Waals surface area contributed by atoms with Gasteiger partial charge in [0.1, 0.15) is 17.0 Å². The maximum atomic E-state index is 13.3. The van der Waals surface area contributed by atoms with E-state index in [9.17, 15) is 4.79 Å². The van der Waals surface area contributed by atoms with Crippen LogP contribution in [0.2, 0.25) is 0 Å². The quantitative estimate of drug-likeness (QED) is 0.326. The SMILES string of the molecule is COc1cccc2sc(N(Cc3cccnc3)C(=O)COc3ccc4ccccc4c3)nc12. The third-order valence-corrected chi connectivity index (χ3v) is 6.31. The molecule has 0 unspecified atom stereocenters. The van der Waals surface area contributed by atoms with Crippen LogP contribution in [0, 0.1) is 0 Å². The average Bonchev–Trinajstić information content (AvgIpc) is 3.30. The molecule has 7 heteroatoms. The van der Waals surface area contributed by atoms with Gasteiger partial charge in [0.05, 0.1) is 18.4 Å². The Morgan fingerprint density at radius 1 is 1.00 bits per heavy atom. The third kappa shape index (κ3) is 4.49. The number of hydrogen-bond acceptors (Lipinski definition) is 6. The summed E-state index contributed by atoms with van der Waals surface area (Å²) in [6.07, 6.45) is 3.46. The first-order valence-electron chi connectivity index (χ1n) is 10.5. The summed E-state index contributed by atoms with van der Waals surface area (Å²) in [6, 6.07) is 23.4. The minimum absolute atomic E-state index is 0.105. The summed E-state index contributed by atoms with van der Waals surface area (Å²) >= 11 is 1.44. The minimum atomic E-state index is -0.190. The summed E-state index contributed by atoms with van der Waals surface area (Å²) in [5.41, 5.74) is 1.64. The van der Waals surface area contributed by atoms with Crippen molar-refractivity contribution < 1.29 is 14.3 Å². The molecule has 2 aromatic heterocycles. The highest BCUT2D eigenvalue weighted by Gasteiger charge is 2.22. The molecule has 0 N–H and O–H groups in total. The summed E-state index contributed by atoms with van der Waals surface area (Å²) in [4.78, 5) is 23.9. The second-order valence-electron chi connectivity index (χ2n) is 7.44. The van der Waals surface area contributed by atoms with Gasteiger partial charge in [-0.3, -0.25) is 14.7 Å². The molecule has 0 radical (unpaired) electrons. The molecular weight excluding hydrogens is 434 g/mol. The van der Waals surface area contributed by atoms with Gasteiger partial charge in [0, 0.05) is 12.4 Å². The molecule has 6 nitrogen and oxygen atoms in total. The van der Waals surface area contributed by atoms with Crippen LogP contribution in [0.15, 0.2) is 85.2 Å². The van der Waals surface area contributed by atoms with E-state index in [1.165, 1.54) is 11.3 Å². The maximum Gasteiger partial charge on any atom is 0.267 e.